The van der Waals surface area contributed by atoms with Crippen LogP contribution < -0.4 is 0 Å². The summed E-state index contributed by atoms with van der Waals surface area (Å²) in [5.41, 5.74) is 0.112. The summed E-state index contributed by atoms with van der Waals surface area (Å²) in [6.07, 6.45) is 6.37. The number of hydrogen-bond acceptors (Lipinski definition) is 3. The van der Waals surface area contributed by atoms with Crippen LogP contribution in [-0.4, -0.2) is 10.7 Å². The van der Waals surface area contributed by atoms with Gasteiger partial charge in [-0.15, -0.1) is 10.1 Å². The maximum Gasteiger partial charge on any atom is 0.295 e. The lowest BCUT2D eigenvalue weighted by Crippen LogP contribution is -2.59. The van der Waals surface area contributed by atoms with Crippen molar-refractivity contribution in [1.29, 1.82) is 0 Å². The van der Waals surface area contributed by atoms with Crippen LogP contribution in [0.3, 0.4) is 0 Å². The van der Waals surface area contributed by atoms with Crippen LogP contribution in [0.4, 0.5) is 0 Å². The normalized spacial score (nSPS) is 54.0. The average molecular weight is 225 g/mol. The Balaban J connectivity index is 1.95. The molecule has 4 nitrogen and oxygen atoms in total. The van der Waals surface area contributed by atoms with Crippen LogP contribution in [0.1, 0.15) is 52.4 Å². The maximum absolute atomic E-state index is 10.7. The Bertz CT molecular complexity index is 336. The first kappa shape index (κ1) is 10.4. The van der Waals surface area contributed by atoms with E-state index in [1.807, 2.05) is 0 Å². The molecule has 0 spiro atoms. The zero-order valence-electron chi connectivity index (χ0n) is 9.99. The largest absolute Gasteiger partial charge is 0.307 e. The van der Waals surface area contributed by atoms with Crippen molar-refractivity contribution in [2.24, 2.45) is 16.7 Å². The van der Waals surface area contributed by atoms with E-state index in [0.29, 0.717) is 5.92 Å². The third-order valence-electron chi connectivity index (χ3n) is 4.84. The highest BCUT2D eigenvalue weighted by Gasteiger charge is 2.61. The molecule has 0 aromatic carbocycles. The smallest absolute Gasteiger partial charge is 0.295 e. The van der Waals surface area contributed by atoms with Crippen molar-refractivity contribution in [3.8, 4) is 0 Å². The van der Waals surface area contributed by atoms with Crippen LogP contribution in [0.5, 0.6) is 0 Å². The lowest BCUT2D eigenvalue weighted by Gasteiger charge is -2.64. The summed E-state index contributed by atoms with van der Waals surface area (Å²) in [6.45, 7) is 4.57. The van der Waals surface area contributed by atoms with Crippen LogP contribution in [0.2, 0.25) is 0 Å². The zero-order valence-corrected chi connectivity index (χ0v) is 9.99. The second kappa shape index (κ2) is 2.71. The molecule has 0 aromatic heterocycles. The van der Waals surface area contributed by atoms with Gasteiger partial charge in [0.05, 0.1) is 0 Å². The third-order valence-corrected chi connectivity index (χ3v) is 4.84. The van der Waals surface area contributed by atoms with Crippen LogP contribution >= 0.6 is 0 Å². The molecule has 0 saturated heterocycles. The maximum atomic E-state index is 10.7. The van der Waals surface area contributed by atoms with Crippen LogP contribution in [0.25, 0.3) is 0 Å². The molecular weight excluding hydrogens is 206 g/mol. The number of hydrogen-bond donors (Lipinski definition) is 0. The van der Waals surface area contributed by atoms with E-state index in [2.05, 4.69) is 13.8 Å². The number of rotatable bonds is 2. The van der Waals surface area contributed by atoms with Gasteiger partial charge in [-0.3, -0.25) is 0 Å². The molecule has 0 aliphatic heterocycles. The molecule has 2 unspecified atom stereocenters. The van der Waals surface area contributed by atoms with E-state index in [4.69, 9.17) is 4.84 Å². The minimum atomic E-state index is -0.570. The van der Waals surface area contributed by atoms with Crippen LogP contribution in [0.15, 0.2) is 0 Å². The molecule has 0 heterocycles. The van der Waals surface area contributed by atoms with Crippen molar-refractivity contribution in [2.75, 3.05) is 0 Å². The fraction of sp³-hybridized carbons (Fsp3) is 1.00. The topological polar surface area (TPSA) is 52.4 Å². The second-order valence-electron chi connectivity index (χ2n) is 7.13. The van der Waals surface area contributed by atoms with Gasteiger partial charge in [-0.2, -0.15) is 0 Å². The summed E-state index contributed by atoms with van der Waals surface area (Å²) in [5.74, 6) is 0.645. The Hall–Kier alpha value is -0.800. The molecule has 0 radical (unpaired) electrons. The van der Waals surface area contributed by atoms with Gasteiger partial charge >= 0.3 is 0 Å². The first-order valence-electron chi connectivity index (χ1n) is 6.16. The Morgan fingerprint density at radius 3 is 2.12 bits per heavy atom. The average Bonchev–Trinajstić information content (AvgIpc) is 1.91. The molecule has 16 heavy (non-hydrogen) atoms. The van der Waals surface area contributed by atoms with E-state index >= 15 is 0 Å². The minimum absolute atomic E-state index is 0.282. The van der Waals surface area contributed by atoms with E-state index in [-0.39, 0.29) is 10.8 Å². The molecule has 0 amide bonds. The summed E-state index contributed by atoms with van der Waals surface area (Å²) in [4.78, 5) is 15.8. The van der Waals surface area contributed by atoms with Gasteiger partial charge in [-0.1, -0.05) is 13.8 Å². The van der Waals surface area contributed by atoms with E-state index in [0.717, 1.165) is 19.3 Å². The lowest BCUT2D eigenvalue weighted by molar-refractivity contribution is -0.786. The quantitative estimate of drug-likeness (QED) is 0.536. The van der Waals surface area contributed by atoms with E-state index in [1.165, 1.54) is 19.3 Å². The Labute approximate surface area is 95.5 Å². The summed E-state index contributed by atoms with van der Waals surface area (Å²) in [6, 6.07) is 0. The van der Waals surface area contributed by atoms with Crippen molar-refractivity contribution < 1.29 is 9.92 Å². The first-order chi connectivity index (χ1) is 7.32. The molecule has 4 bridgehead atoms. The summed E-state index contributed by atoms with van der Waals surface area (Å²) >= 11 is 0. The lowest BCUT2D eigenvalue weighted by atomic mass is 9.44. The molecule has 4 aliphatic carbocycles. The highest BCUT2D eigenvalue weighted by Crippen LogP contribution is 2.67. The van der Waals surface area contributed by atoms with Crippen molar-refractivity contribution in [1.82, 2.24) is 0 Å². The summed E-state index contributed by atoms with van der Waals surface area (Å²) in [7, 11) is 0. The fourth-order valence-electron chi connectivity index (χ4n) is 5.60. The molecule has 0 aromatic rings. The molecule has 4 heteroatoms. The Morgan fingerprint density at radius 2 is 1.69 bits per heavy atom. The monoisotopic (exact) mass is 225 g/mol. The van der Waals surface area contributed by atoms with Gasteiger partial charge in [-0.25, -0.2) is 0 Å². The van der Waals surface area contributed by atoms with Gasteiger partial charge in [0.2, 0.25) is 0 Å². The molecule has 90 valence electrons. The fourth-order valence-corrected chi connectivity index (χ4v) is 5.60. The standard InChI is InChI=1S/C12H19NO3/c1-10-3-9-4-11(2,6-10)8-12(5-9,7-10)16-13(14)15/h9H,3-8H2,1-2H3. The summed E-state index contributed by atoms with van der Waals surface area (Å²) in [5, 5.41) is 10.1. The van der Waals surface area contributed by atoms with Gasteiger partial charge in [0, 0.05) is 0 Å². The predicted octanol–water partition coefficient (Wildman–Crippen LogP) is 2.94. The molecule has 4 rings (SSSR count). The summed E-state index contributed by atoms with van der Waals surface area (Å²) < 4.78 is 0. The SMILES string of the molecule is CC12CC3CC(C)(C1)CC(O[N+](=O)[O-])(C3)C2. The molecular formula is C12H19NO3. The van der Waals surface area contributed by atoms with E-state index < -0.39 is 10.7 Å². The van der Waals surface area contributed by atoms with Crippen molar-refractivity contribution in [3.05, 3.63) is 10.1 Å². The highest BCUT2D eigenvalue weighted by molar-refractivity contribution is 5.11. The van der Waals surface area contributed by atoms with Gasteiger partial charge in [0.25, 0.3) is 5.09 Å². The van der Waals surface area contributed by atoms with Gasteiger partial charge in [-0.05, 0) is 55.3 Å². The Kier molecular flexibility index (Phi) is 1.76. The van der Waals surface area contributed by atoms with Crippen LogP contribution in [0, 0.1) is 26.9 Å². The van der Waals surface area contributed by atoms with Crippen molar-refractivity contribution in [3.63, 3.8) is 0 Å². The van der Waals surface area contributed by atoms with E-state index in [1.54, 1.807) is 0 Å². The second-order valence-corrected chi connectivity index (χ2v) is 7.13. The zero-order chi connectivity index (χ0) is 11.6. The molecule has 0 N–H and O–H groups in total. The third kappa shape index (κ3) is 1.42. The van der Waals surface area contributed by atoms with Crippen molar-refractivity contribution in [2.45, 2.75) is 58.0 Å². The van der Waals surface area contributed by atoms with E-state index in [9.17, 15) is 10.1 Å². The number of nitrogens with zero attached hydrogens (tertiary/aromatic N) is 1. The van der Waals surface area contributed by atoms with Gasteiger partial charge < -0.3 is 4.84 Å². The van der Waals surface area contributed by atoms with Gasteiger partial charge in [0.15, 0.2) is 0 Å². The van der Waals surface area contributed by atoms with Gasteiger partial charge in [0.1, 0.15) is 5.60 Å². The molecule has 4 saturated carbocycles. The highest BCUT2D eigenvalue weighted by atomic mass is 17.0. The minimum Gasteiger partial charge on any atom is -0.307 e. The molecule has 2 atom stereocenters. The van der Waals surface area contributed by atoms with Crippen LogP contribution in [-0.2, 0) is 4.84 Å². The molecule has 4 aliphatic rings. The van der Waals surface area contributed by atoms with Crippen molar-refractivity contribution >= 4 is 0 Å². The first-order valence-corrected chi connectivity index (χ1v) is 6.16. The predicted molar refractivity (Wildman–Crippen MR) is 58.2 cm³/mol. The molecule has 4 fully saturated rings. The Morgan fingerprint density at radius 1 is 1.12 bits per heavy atom.